The van der Waals surface area contributed by atoms with Crippen LogP contribution in [0, 0.1) is 5.82 Å². The number of hydrogen-bond acceptors (Lipinski definition) is 4. The highest BCUT2D eigenvalue weighted by Crippen LogP contribution is 2.26. The zero-order valence-corrected chi connectivity index (χ0v) is 17.0. The first-order valence-electron chi connectivity index (χ1n) is 9.28. The van der Waals surface area contributed by atoms with E-state index in [0.29, 0.717) is 16.6 Å². The monoisotopic (exact) mass is 460 g/mol. The standard InChI is InChI=1S/C21H18BrFN2O4/c22-14-4-6-18(23)13(8-14)10-24-19(26)12-3-5-16-17(9-12)21(28)25(20(16)27)11-15-2-1-7-29-15/h3-6,8-9,15H,1-2,7,10-11H2,(H,24,26). The normalized spacial score (nSPS) is 18.3. The lowest BCUT2D eigenvalue weighted by Gasteiger charge is -2.17. The summed E-state index contributed by atoms with van der Waals surface area (Å²) in [4.78, 5) is 38.9. The summed E-state index contributed by atoms with van der Waals surface area (Å²) in [7, 11) is 0. The van der Waals surface area contributed by atoms with Gasteiger partial charge < -0.3 is 10.1 Å². The van der Waals surface area contributed by atoms with Crippen molar-refractivity contribution in [3.63, 3.8) is 0 Å². The molecule has 1 saturated heterocycles. The summed E-state index contributed by atoms with van der Waals surface area (Å²) in [5, 5.41) is 2.64. The van der Waals surface area contributed by atoms with Crippen molar-refractivity contribution in [2.24, 2.45) is 0 Å². The van der Waals surface area contributed by atoms with E-state index in [4.69, 9.17) is 4.74 Å². The van der Waals surface area contributed by atoms with Gasteiger partial charge in [-0.3, -0.25) is 19.3 Å². The molecular weight excluding hydrogens is 443 g/mol. The van der Waals surface area contributed by atoms with Gasteiger partial charge in [-0.05, 0) is 49.2 Å². The Morgan fingerprint density at radius 2 is 1.97 bits per heavy atom. The van der Waals surface area contributed by atoms with Crippen molar-refractivity contribution in [2.45, 2.75) is 25.5 Å². The van der Waals surface area contributed by atoms with Gasteiger partial charge in [-0.1, -0.05) is 15.9 Å². The number of imide groups is 1. The Morgan fingerprint density at radius 3 is 2.72 bits per heavy atom. The van der Waals surface area contributed by atoms with E-state index in [-0.39, 0.29) is 41.8 Å². The predicted octanol–water partition coefficient (Wildman–Crippen LogP) is 3.29. The van der Waals surface area contributed by atoms with Crippen molar-refractivity contribution < 1.29 is 23.5 Å². The smallest absolute Gasteiger partial charge is 0.261 e. The van der Waals surface area contributed by atoms with Gasteiger partial charge in [0, 0.05) is 28.8 Å². The van der Waals surface area contributed by atoms with Crippen LogP contribution in [0.2, 0.25) is 0 Å². The number of ether oxygens (including phenoxy) is 1. The fourth-order valence-corrected chi connectivity index (χ4v) is 3.95. The van der Waals surface area contributed by atoms with Crippen LogP contribution in [0.25, 0.3) is 0 Å². The van der Waals surface area contributed by atoms with Crippen LogP contribution in [0.3, 0.4) is 0 Å². The molecule has 0 spiro atoms. The Hall–Kier alpha value is -2.58. The quantitative estimate of drug-likeness (QED) is 0.694. The molecule has 2 aromatic carbocycles. The van der Waals surface area contributed by atoms with Crippen LogP contribution >= 0.6 is 15.9 Å². The topological polar surface area (TPSA) is 75.7 Å². The fraction of sp³-hybridized carbons (Fsp3) is 0.286. The minimum atomic E-state index is -0.454. The van der Waals surface area contributed by atoms with Crippen molar-refractivity contribution in [1.82, 2.24) is 10.2 Å². The number of carbonyl (C=O) groups is 3. The van der Waals surface area contributed by atoms with Gasteiger partial charge >= 0.3 is 0 Å². The summed E-state index contributed by atoms with van der Waals surface area (Å²) >= 11 is 3.27. The van der Waals surface area contributed by atoms with Gasteiger partial charge in [0.15, 0.2) is 0 Å². The van der Waals surface area contributed by atoms with E-state index in [2.05, 4.69) is 21.2 Å². The number of fused-ring (bicyclic) bond motifs is 1. The molecule has 0 aromatic heterocycles. The third kappa shape index (κ3) is 3.95. The Labute approximate surface area is 175 Å². The summed E-state index contributed by atoms with van der Waals surface area (Å²) in [6.07, 6.45) is 1.59. The first kappa shape index (κ1) is 19.7. The molecule has 1 atom stereocenters. The first-order chi connectivity index (χ1) is 13.9. The Balaban J connectivity index is 1.48. The lowest BCUT2D eigenvalue weighted by molar-refractivity contribution is 0.0475. The molecule has 3 amide bonds. The van der Waals surface area contributed by atoms with Crippen LogP contribution in [0.1, 0.15) is 49.5 Å². The molecule has 0 bridgehead atoms. The van der Waals surface area contributed by atoms with E-state index < -0.39 is 17.6 Å². The molecule has 0 radical (unpaired) electrons. The third-order valence-electron chi connectivity index (χ3n) is 5.09. The average Bonchev–Trinajstić information content (AvgIpc) is 3.31. The maximum Gasteiger partial charge on any atom is 0.261 e. The van der Waals surface area contributed by atoms with Gasteiger partial charge in [-0.15, -0.1) is 0 Å². The number of rotatable bonds is 5. The minimum absolute atomic E-state index is 0.000781. The molecule has 0 saturated carbocycles. The van der Waals surface area contributed by atoms with E-state index in [9.17, 15) is 18.8 Å². The highest BCUT2D eigenvalue weighted by Gasteiger charge is 2.37. The largest absolute Gasteiger partial charge is 0.376 e. The van der Waals surface area contributed by atoms with Gasteiger partial charge in [-0.25, -0.2) is 4.39 Å². The highest BCUT2D eigenvalue weighted by molar-refractivity contribution is 9.10. The zero-order chi connectivity index (χ0) is 20.5. The fourth-order valence-electron chi connectivity index (χ4n) is 3.55. The Bertz CT molecular complexity index is 1000. The number of halogens is 2. The van der Waals surface area contributed by atoms with Crippen LogP contribution in [0.5, 0.6) is 0 Å². The van der Waals surface area contributed by atoms with E-state index in [0.717, 1.165) is 12.8 Å². The van der Waals surface area contributed by atoms with Crippen molar-refractivity contribution in [2.75, 3.05) is 13.2 Å². The zero-order valence-electron chi connectivity index (χ0n) is 15.4. The summed E-state index contributed by atoms with van der Waals surface area (Å²) in [5.41, 5.74) is 1.05. The van der Waals surface area contributed by atoms with E-state index in [1.807, 2.05) is 0 Å². The lowest BCUT2D eigenvalue weighted by atomic mass is 10.1. The maximum absolute atomic E-state index is 13.8. The highest BCUT2D eigenvalue weighted by atomic mass is 79.9. The predicted molar refractivity (Wildman–Crippen MR) is 106 cm³/mol. The maximum atomic E-state index is 13.8. The molecule has 2 aromatic rings. The second-order valence-corrected chi connectivity index (χ2v) is 7.95. The minimum Gasteiger partial charge on any atom is -0.376 e. The van der Waals surface area contributed by atoms with Crippen LogP contribution in [0.4, 0.5) is 4.39 Å². The van der Waals surface area contributed by atoms with Crippen molar-refractivity contribution >= 4 is 33.7 Å². The number of hydrogen-bond donors (Lipinski definition) is 1. The molecule has 0 aliphatic carbocycles. The van der Waals surface area contributed by atoms with Gasteiger partial charge in [-0.2, -0.15) is 0 Å². The molecule has 2 aliphatic heterocycles. The molecule has 1 fully saturated rings. The van der Waals surface area contributed by atoms with Crippen LogP contribution in [0.15, 0.2) is 40.9 Å². The Morgan fingerprint density at radius 1 is 1.17 bits per heavy atom. The average molecular weight is 461 g/mol. The number of carbonyl (C=O) groups excluding carboxylic acids is 3. The number of amides is 3. The Kier molecular flexibility index (Phi) is 5.47. The second kappa shape index (κ2) is 8.04. The van der Waals surface area contributed by atoms with Crippen LogP contribution in [-0.2, 0) is 11.3 Å². The summed E-state index contributed by atoms with van der Waals surface area (Å²) < 4.78 is 20.1. The molecule has 2 aliphatic rings. The van der Waals surface area contributed by atoms with Crippen molar-refractivity contribution in [3.8, 4) is 0 Å². The van der Waals surface area contributed by atoms with Crippen molar-refractivity contribution in [1.29, 1.82) is 0 Å². The number of nitrogens with zero attached hydrogens (tertiary/aromatic N) is 1. The van der Waals surface area contributed by atoms with Crippen LogP contribution in [-0.4, -0.2) is 41.9 Å². The molecule has 8 heteroatoms. The lowest BCUT2D eigenvalue weighted by Crippen LogP contribution is -2.36. The van der Waals surface area contributed by atoms with E-state index in [1.165, 1.54) is 29.2 Å². The van der Waals surface area contributed by atoms with Gasteiger partial charge in [0.2, 0.25) is 0 Å². The number of nitrogens with one attached hydrogen (secondary N) is 1. The molecular formula is C21H18BrFN2O4. The summed E-state index contributed by atoms with van der Waals surface area (Å²) in [5.74, 6) is -1.67. The van der Waals surface area contributed by atoms with E-state index >= 15 is 0 Å². The molecule has 150 valence electrons. The first-order valence-corrected chi connectivity index (χ1v) is 10.1. The SMILES string of the molecule is O=C(NCc1cc(Br)ccc1F)c1ccc2c(c1)C(=O)N(CC1CCCO1)C2=O. The molecule has 2 heterocycles. The molecule has 1 N–H and O–H groups in total. The summed E-state index contributed by atoms with van der Waals surface area (Å²) in [6, 6.07) is 8.87. The third-order valence-corrected chi connectivity index (χ3v) is 5.58. The van der Waals surface area contributed by atoms with Gasteiger partial charge in [0.25, 0.3) is 17.7 Å². The molecule has 4 rings (SSSR count). The molecule has 29 heavy (non-hydrogen) atoms. The van der Waals surface area contributed by atoms with E-state index in [1.54, 1.807) is 12.1 Å². The summed E-state index contributed by atoms with van der Waals surface area (Å²) in [6.45, 7) is 0.853. The van der Waals surface area contributed by atoms with Gasteiger partial charge in [0.1, 0.15) is 5.82 Å². The molecule has 6 nitrogen and oxygen atoms in total. The van der Waals surface area contributed by atoms with Crippen LogP contribution < -0.4 is 5.32 Å². The second-order valence-electron chi connectivity index (χ2n) is 7.03. The molecule has 1 unspecified atom stereocenters. The number of benzene rings is 2. The van der Waals surface area contributed by atoms with Crippen molar-refractivity contribution in [3.05, 3.63) is 68.9 Å². The van der Waals surface area contributed by atoms with Gasteiger partial charge in [0.05, 0.1) is 23.8 Å².